The Morgan fingerprint density at radius 1 is 1.36 bits per heavy atom. The van der Waals surface area contributed by atoms with Crippen LogP contribution < -0.4 is 0 Å². The maximum atomic E-state index is 13.0. The lowest BCUT2D eigenvalue weighted by atomic mass is 9.76. The summed E-state index contributed by atoms with van der Waals surface area (Å²) >= 11 is 0. The fraction of sp³-hybridized carbons (Fsp3) is 0.737. The summed E-state index contributed by atoms with van der Waals surface area (Å²) in [5.74, 6) is -0.134. The molecular weight excluding hydrogens is 318 g/mol. The molecule has 25 heavy (non-hydrogen) atoms. The molecule has 1 amide bonds. The summed E-state index contributed by atoms with van der Waals surface area (Å²) in [6.45, 7) is 15.3. The Kier molecular flexibility index (Phi) is 5.30. The largest absolute Gasteiger partial charge is 0.466 e. The van der Waals surface area contributed by atoms with Gasteiger partial charge < -0.3 is 9.64 Å². The van der Waals surface area contributed by atoms with Gasteiger partial charge in [0.05, 0.1) is 29.3 Å². The van der Waals surface area contributed by atoms with Gasteiger partial charge in [0.25, 0.3) is 5.91 Å². The molecule has 0 saturated carbocycles. The van der Waals surface area contributed by atoms with Gasteiger partial charge in [-0.15, -0.1) is 0 Å². The second-order valence-corrected chi connectivity index (χ2v) is 8.23. The monoisotopic (exact) mass is 349 g/mol. The lowest BCUT2D eigenvalue weighted by Gasteiger charge is -2.30. The van der Waals surface area contributed by atoms with Gasteiger partial charge in [0, 0.05) is 18.8 Å². The van der Waals surface area contributed by atoms with Crippen LogP contribution in [0, 0.1) is 18.3 Å². The summed E-state index contributed by atoms with van der Waals surface area (Å²) in [7, 11) is 0. The van der Waals surface area contributed by atoms with Crippen molar-refractivity contribution < 1.29 is 14.3 Å². The maximum absolute atomic E-state index is 13.0. The van der Waals surface area contributed by atoms with Crippen molar-refractivity contribution in [1.82, 2.24) is 14.7 Å². The molecule has 1 aliphatic heterocycles. The van der Waals surface area contributed by atoms with Crippen LogP contribution in [0.25, 0.3) is 0 Å². The number of hydrogen-bond donors (Lipinski definition) is 0. The summed E-state index contributed by atoms with van der Waals surface area (Å²) in [5, 5.41) is 4.39. The maximum Gasteiger partial charge on any atom is 0.314 e. The second kappa shape index (κ2) is 6.81. The van der Waals surface area contributed by atoms with Gasteiger partial charge in [-0.05, 0) is 47.0 Å². The van der Waals surface area contributed by atoms with Crippen molar-refractivity contribution in [3.8, 4) is 0 Å². The Hall–Kier alpha value is -1.85. The molecule has 0 aromatic carbocycles. The number of carbonyl (C=O) groups excluding carboxylic acids is 2. The summed E-state index contributed by atoms with van der Waals surface area (Å²) in [6.07, 6.45) is 2.28. The fourth-order valence-electron chi connectivity index (χ4n) is 3.62. The molecule has 6 heteroatoms. The predicted octanol–water partition coefficient (Wildman–Crippen LogP) is 3.00. The van der Waals surface area contributed by atoms with Crippen LogP contribution in [0.15, 0.2) is 6.20 Å². The zero-order valence-electron chi connectivity index (χ0n) is 16.5. The van der Waals surface area contributed by atoms with Gasteiger partial charge in [0.2, 0.25) is 0 Å². The van der Waals surface area contributed by atoms with Crippen LogP contribution in [0.1, 0.15) is 64.0 Å². The summed E-state index contributed by atoms with van der Waals surface area (Å²) in [6, 6.07) is 0. The third-order valence-corrected chi connectivity index (χ3v) is 5.25. The normalized spacial score (nSPS) is 21.0. The van der Waals surface area contributed by atoms with E-state index in [1.54, 1.807) is 11.1 Å². The van der Waals surface area contributed by atoms with Crippen molar-refractivity contribution in [2.45, 2.75) is 60.4 Å². The van der Waals surface area contributed by atoms with Gasteiger partial charge in [-0.3, -0.25) is 14.3 Å². The van der Waals surface area contributed by atoms with Crippen LogP contribution in [0.5, 0.6) is 0 Å². The highest BCUT2D eigenvalue weighted by Gasteiger charge is 2.49. The Balaban J connectivity index is 2.25. The lowest BCUT2D eigenvalue weighted by molar-refractivity contribution is -0.157. The first-order chi connectivity index (χ1) is 11.5. The van der Waals surface area contributed by atoms with Crippen LogP contribution in [0.2, 0.25) is 0 Å². The van der Waals surface area contributed by atoms with E-state index in [0.29, 0.717) is 31.7 Å². The molecule has 1 aliphatic rings. The van der Waals surface area contributed by atoms with E-state index >= 15 is 0 Å². The molecule has 1 aromatic heterocycles. The van der Waals surface area contributed by atoms with Gasteiger partial charge in [0.15, 0.2) is 0 Å². The number of aromatic nitrogens is 2. The topological polar surface area (TPSA) is 64.4 Å². The van der Waals surface area contributed by atoms with E-state index in [4.69, 9.17) is 4.74 Å². The number of carbonyl (C=O) groups is 2. The summed E-state index contributed by atoms with van der Waals surface area (Å²) in [5.41, 5.74) is 0.675. The summed E-state index contributed by atoms with van der Waals surface area (Å²) < 4.78 is 7.18. The molecule has 0 N–H and O–H groups in total. The standard InChI is InChI=1S/C19H31N3O3/c1-8-25-17(24)19(13(2)3)9-10-21(12-19)16(23)15-11-20-22(14(15)4)18(5,6)7/h11,13H,8-10,12H2,1-7H3. The molecule has 140 valence electrons. The van der Waals surface area contributed by atoms with Crippen molar-refractivity contribution in [1.29, 1.82) is 0 Å². The van der Waals surface area contributed by atoms with E-state index in [1.165, 1.54) is 0 Å². The Labute approximate surface area is 150 Å². The van der Waals surface area contributed by atoms with Crippen LogP contribution >= 0.6 is 0 Å². The molecule has 0 aliphatic carbocycles. The highest BCUT2D eigenvalue weighted by molar-refractivity contribution is 5.96. The molecule has 0 radical (unpaired) electrons. The molecule has 6 nitrogen and oxygen atoms in total. The van der Waals surface area contributed by atoms with Crippen LogP contribution in [-0.2, 0) is 15.1 Å². The van der Waals surface area contributed by atoms with Crippen LogP contribution in [0.3, 0.4) is 0 Å². The van der Waals surface area contributed by atoms with Gasteiger partial charge in [-0.2, -0.15) is 5.10 Å². The van der Waals surface area contributed by atoms with Gasteiger partial charge in [-0.25, -0.2) is 0 Å². The molecule has 0 spiro atoms. The Bertz CT molecular complexity index is 657. The van der Waals surface area contributed by atoms with Crippen molar-refractivity contribution in [2.24, 2.45) is 11.3 Å². The highest BCUT2D eigenvalue weighted by atomic mass is 16.5. The quantitative estimate of drug-likeness (QED) is 0.784. The SMILES string of the molecule is CCOC(=O)C1(C(C)C)CCN(C(=O)c2cnn(C(C)(C)C)c2C)C1. The van der Waals surface area contributed by atoms with E-state index in [9.17, 15) is 9.59 Å². The minimum Gasteiger partial charge on any atom is -0.466 e. The van der Waals surface area contributed by atoms with E-state index in [1.807, 2.05) is 32.4 Å². The smallest absolute Gasteiger partial charge is 0.314 e. The average molecular weight is 349 g/mol. The zero-order chi connectivity index (χ0) is 19.0. The first-order valence-corrected chi connectivity index (χ1v) is 9.06. The third-order valence-electron chi connectivity index (χ3n) is 5.25. The predicted molar refractivity (Wildman–Crippen MR) is 96.4 cm³/mol. The Morgan fingerprint density at radius 2 is 2.00 bits per heavy atom. The highest BCUT2D eigenvalue weighted by Crippen LogP contribution is 2.39. The van der Waals surface area contributed by atoms with E-state index in [0.717, 1.165) is 5.69 Å². The molecule has 1 fully saturated rings. The number of esters is 1. The van der Waals surface area contributed by atoms with E-state index in [-0.39, 0.29) is 23.3 Å². The minimum absolute atomic E-state index is 0.0557. The number of hydrogen-bond acceptors (Lipinski definition) is 4. The second-order valence-electron chi connectivity index (χ2n) is 8.23. The van der Waals surface area contributed by atoms with Crippen molar-refractivity contribution in [3.05, 3.63) is 17.5 Å². The molecule has 0 bridgehead atoms. The molecule has 2 heterocycles. The van der Waals surface area contributed by atoms with Crippen molar-refractivity contribution >= 4 is 11.9 Å². The number of ether oxygens (including phenoxy) is 1. The fourth-order valence-corrected chi connectivity index (χ4v) is 3.62. The van der Waals surface area contributed by atoms with Gasteiger partial charge >= 0.3 is 5.97 Å². The number of amides is 1. The van der Waals surface area contributed by atoms with Gasteiger partial charge in [-0.1, -0.05) is 13.8 Å². The molecule has 2 rings (SSSR count). The van der Waals surface area contributed by atoms with Crippen molar-refractivity contribution in [3.63, 3.8) is 0 Å². The van der Waals surface area contributed by atoms with Crippen LogP contribution in [0.4, 0.5) is 0 Å². The molecule has 1 atom stereocenters. The minimum atomic E-state index is -0.612. The number of rotatable bonds is 4. The summed E-state index contributed by atoms with van der Waals surface area (Å²) in [4.78, 5) is 27.3. The van der Waals surface area contributed by atoms with E-state index < -0.39 is 5.41 Å². The van der Waals surface area contributed by atoms with E-state index in [2.05, 4.69) is 25.9 Å². The Morgan fingerprint density at radius 3 is 2.48 bits per heavy atom. The molecular formula is C19H31N3O3. The number of nitrogens with zero attached hydrogens (tertiary/aromatic N) is 3. The first kappa shape index (κ1) is 19.5. The van der Waals surface area contributed by atoms with Crippen molar-refractivity contribution in [2.75, 3.05) is 19.7 Å². The first-order valence-electron chi connectivity index (χ1n) is 9.06. The molecule has 1 aromatic rings. The third kappa shape index (κ3) is 3.44. The zero-order valence-corrected chi connectivity index (χ0v) is 16.5. The average Bonchev–Trinajstić information content (AvgIpc) is 3.11. The lowest BCUT2D eigenvalue weighted by Crippen LogP contribution is -2.42. The van der Waals surface area contributed by atoms with Crippen LogP contribution in [-0.4, -0.2) is 46.3 Å². The number of likely N-dealkylation sites (tertiary alicyclic amines) is 1. The molecule has 1 unspecified atom stereocenters. The molecule has 1 saturated heterocycles. The van der Waals surface area contributed by atoms with Gasteiger partial charge in [0.1, 0.15) is 0 Å².